The lowest BCUT2D eigenvalue weighted by Gasteiger charge is -2.59. The van der Waals surface area contributed by atoms with Gasteiger partial charge in [-0.2, -0.15) is 0 Å². The minimum absolute atomic E-state index is 0.0111. The quantitative estimate of drug-likeness (QED) is 0.305. The van der Waals surface area contributed by atoms with Crippen LogP contribution in [-0.4, -0.2) is 74.6 Å². The van der Waals surface area contributed by atoms with E-state index >= 15 is 0 Å². The fourth-order valence-electron chi connectivity index (χ4n) is 8.08. The molecule has 0 aromatic heterocycles. The molecule has 0 amide bonds. The molecule has 7 rings (SSSR count). The van der Waals surface area contributed by atoms with Crippen molar-refractivity contribution in [2.45, 2.75) is 108 Å². The molecule has 236 valence electrons. The van der Waals surface area contributed by atoms with Crippen LogP contribution in [0.15, 0.2) is 35.5 Å². The van der Waals surface area contributed by atoms with E-state index < -0.39 is 63.5 Å². The van der Waals surface area contributed by atoms with Gasteiger partial charge in [0.2, 0.25) is 5.78 Å². The van der Waals surface area contributed by atoms with Crippen molar-refractivity contribution in [2.24, 2.45) is 5.92 Å². The number of phenolic OH excluding ortho intramolecular Hbond substituents is 1. The Kier molecular flexibility index (Phi) is 6.28. The summed E-state index contributed by atoms with van der Waals surface area (Å²) in [5.41, 5.74) is -5.32. The number of fused-ring (bicyclic) bond motifs is 3. The minimum atomic E-state index is -1.81. The Morgan fingerprint density at radius 3 is 2.45 bits per heavy atom. The molecule has 1 aromatic rings. The largest absolute Gasteiger partial charge is 0.507 e. The van der Waals surface area contributed by atoms with Gasteiger partial charge in [0.15, 0.2) is 17.0 Å². The van der Waals surface area contributed by atoms with Crippen LogP contribution in [0.2, 0.25) is 0 Å². The van der Waals surface area contributed by atoms with Gasteiger partial charge in [0.25, 0.3) is 0 Å². The van der Waals surface area contributed by atoms with Crippen LogP contribution in [0, 0.1) is 5.92 Å². The lowest BCUT2D eigenvalue weighted by Crippen LogP contribution is -2.77. The first-order chi connectivity index (χ1) is 20.3. The van der Waals surface area contributed by atoms with Crippen LogP contribution in [0.5, 0.6) is 17.2 Å². The molecule has 6 aliphatic rings. The number of hydrogen-bond donors (Lipinski definition) is 3. The molecule has 1 aromatic carbocycles. The highest BCUT2D eigenvalue weighted by Crippen LogP contribution is 2.70. The molecular weight excluding hydrogens is 568 g/mol. The minimum Gasteiger partial charge on any atom is -0.507 e. The number of carboxylic acid groups (broad SMARTS) is 1. The smallest absolute Gasteiger partial charge is 0.330 e. The second kappa shape index (κ2) is 9.05. The summed E-state index contributed by atoms with van der Waals surface area (Å²) in [6.07, 6.45) is 1.50. The number of carbonyl (C=O) groups excluding carboxylic acids is 2. The normalized spacial score (nSPS) is 34.4. The Labute approximate surface area is 256 Å². The molecule has 3 heterocycles. The van der Waals surface area contributed by atoms with E-state index in [9.17, 15) is 29.7 Å². The van der Waals surface area contributed by atoms with Crippen LogP contribution in [-0.2, 0) is 30.9 Å². The lowest BCUT2D eigenvalue weighted by atomic mass is 9.49. The van der Waals surface area contributed by atoms with E-state index in [-0.39, 0.29) is 53.0 Å². The standard InChI is InChI=1S/C34H40O10/c1-15(2)20(35)12-18-24(36)22-25(37)19-13-32(41-9)14-21-31(7,8)44-33(29(32)40,11-10-16(3)28(38)39)34(19,21)43-27(22)23-26(18)42-17(4)30(23,5)6/h10,13,17,20-21,35-36H,1,11-12,14H2,2-9H3,(H,38,39)/b16-10-/t17-,20-,21-,32+,33+,34-/m0/s1. The first-order valence-electron chi connectivity index (χ1n) is 14.9. The lowest BCUT2D eigenvalue weighted by molar-refractivity contribution is -0.190. The number of aliphatic hydroxyl groups excluding tert-OH is 1. The number of rotatable bonds is 7. The molecule has 1 spiro atoms. The fourth-order valence-corrected chi connectivity index (χ4v) is 8.08. The summed E-state index contributed by atoms with van der Waals surface area (Å²) in [7, 11) is 1.40. The van der Waals surface area contributed by atoms with E-state index in [0.717, 1.165) is 0 Å². The number of carboxylic acids is 1. The number of phenols is 1. The molecule has 10 nitrogen and oxygen atoms in total. The number of ketones is 2. The number of hydrogen-bond acceptors (Lipinski definition) is 9. The molecule has 10 heteroatoms. The summed E-state index contributed by atoms with van der Waals surface area (Å²) in [6.45, 7) is 16.4. The second-order valence-corrected chi connectivity index (χ2v) is 14.1. The van der Waals surface area contributed by atoms with Crippen LogP contribution >= 0.6 is 0 Å². The molecule has 2 fully saturated rings. The topological polar surface area (TPSA) is 149 Å². The van der Waals surface area contributed by atoms with Crippen molar-refractivity contribution in [3.8, 4) is 17.2 Å². The van der Waals surface area contributed by atoms with Crippen LogP contribution in [0.4, 0.5) is 0 Å². The monoisotopic (exact) mass is 608 g/mol. The molecule has 3 aliphatic carbocycles. The van der Waals surface area contributed by atoms with Gasteiger partial charge in [-0.25, -0.2) is 4.79 Å². The van der Waals surface area contributed by atoms with E-state index in [1.807, 2.05) is 34.6 Å². The van der Waals surface area contributed by atoms with Crippen molar-refractivity contribution < 1.29 is 48.7 Å². The second-order valence-electron chi connectivity index (χ2n) is 14.1. The molecule has 3 N–H and O–H groups in total. The summed E-state index contributed by atoms with van der Waals surface area (Å²) < 4.78 is 26.0. The predicted molar refractivity (Wildman–Crippen MR) is 158 cm³/mol. The van der Waals surface area contributed by atoms with Gasteiger partial charge in [0.05, 0.1) is 11.7 Å². The van der Waals surface area contributed by atoms with E-state index in [1.165, 1.54) is 26.2 Å². The molecule has 44 heavy (non-hydrogen) atoms. The maximum absolute atomic E-state index is 14.8. The van der Waals surface area contributed by atoms with E-state index in [2.05, 4.69) is 6.58 Å². The Hall–Kier alpha value is -3.47. The van der Waals surface area contributed by atoms with Gasteiger partial charge in [0, 0.05) is 53.6 Å². The van der Waals surface area contributed by atoms with Gasteiger partial charge in [-0.3, -0.25) is 9.59 Å². The van der Waals surface area contributed by atoms with Crippen molar-refractivity contribution in [2.75, 3.05) is 7.11 Å². The number of aromatic hydroxyl groups is 1. The fraction of sp³-hybridized carbons (Fsp3) is 0.559. The first kappa shape index (κ1) is 30.6. The van der Waals surface area contributed by atoms with Gasteiger partial charge in [-0.1, -0.05) is 32.1 Å². The summed E-state index contributed by atoms with van der Waals surface area (Å²) in [5, 5.41) is 32.2. The van der Waals surface area contributed by atoms with Crippen LogP contribution < -0.4 is 9.47 Å². The zero-order valence-electron chi connectivity index (χ0n) is 26.4. The molecule has 1 saturated heterocycles. The van der Waals surface area contributed by atoms with Gasteiger partial charge < -0.3 is 34.3 Å². The Morgan fingerprint density at radius 2 is 1.86 bits per heavy atom. The van der Waals surface area contributed by atoms with E-state index in [0.29, 0.717) is 16.9 Å². The van der Waals surface area contributed by atoms with Crippen molar-refractivity contribution >= 4 is 17.5 Å². The molecule has 0 radical (unpaired) electrons. The number of aliphatic hydroxyl groups is 1. The molecular formula is C34H40O10. The highest BCUT2D eigenvalue weighted by atomic mass is 16.6. The zero-order valence-corrected chi connectivity index (χ0v) is 26.4. The number of carbonyl (C=O) groups is 3. The molecule has 1 saturated carbocycles. The van der Waals surface area contributed by atoms with Crippen molar-refractivity contribution in [1.82, 2.24) is 0 Å². The summed E-state index contributed by atoms with van der Waals surface area (Å²) in [4.78, 5) is 41.2. The average Bonchev–Trinajstić information content (AvgIpc) is 3.27. The maximum atomic E-state index is 14.8. The zero-order chi connectivity index (χ0) is 32.5. The Balaban J connectivity index is 1.69. The van der Waals surface area contributed by atoms with Crippen molar-refractivity contribution in [3.05, 3.63) is 52.1 Å². The van der Waals surface area contributed by atoms with E-state index in [1.54, 1.807) is 6.92 Å². The first-order valence-corrected chi connectivity index (χ1v) is 14.9. The molecule has 4 bridgehead atoms. The van der Waals surface area contributed by atoms with Crippen LogP contribution in [0.25, 0.3) is 0 Å². The predicted octanol–water partition coefficient (Wildman–Crippen LogP) is 4.13. The molecule has 6 atom stereocenters. The highest BCUT2D eigenvalue weighted by molar-refractivity contribution is 6.20. The third kappa shape index (κ3) is 3.44. The third-order valence-corrected chi connectivity index (χ3v) is 10.9. The number of benzene rings is 1. The van der Waals surface area contributed by atoms with E-state index in [4.69, 9.17) is 18.9 Å². The van der Waals surface area contributed by atoms with Crippen molar-refractivity contribution in [3.63, 3.8) is 0 Å². The number of methoxy groups -OCH3 is 1. The molecule has 3 aliphatic heterocycles. The van der Waals surface area contributed by atoms with Crippen LogP contribution in [0.3, 0.4) is 0 Å². The Morgan fingerprint density at radius 1 is 1.20 bits per heavy atom. The molecule has 0 unspecified atom stereocenters. The van der Waals surface area contributed by atoms with Crippen LogP contribution in [0.1, 0.15) is 82.8 Å². The third-order valence-electron chi connectivity index (χ3n) is 10.9. The average molecular weight is 609 g/mol. The number of ether oxygens (including phenoxy) is 4. The van der Waals surface area contributed by atoms with Gasteiger partial charge in [-0.15, -0.1) is 0 Å². The summed E-state index contributed by atoms with van der Waals surface area (Å²) >= 11 is 0. The summed E-state index contributed by atoms with van der Waals surface area (Å²) in [5.74, 6) is -2.64. The maximum Gasteiger partial charge on any atom is 0.330 e. The van der Waals surface area contributed by atoms with Gasteiger partial charge in [0.1, 0.15) is 34.5 Å². The highest BCUT2D eigenvalue weighted by Gasteiger charge is 2.84. The SMILES string of the molecule is C=C(C)[C@@H](O)Cc1c(O)c2c(c3c1O[C@@H](C)C3(C)C)O[C@@]13C(=C[C@@]4(OC)C[C@H]1C(C)(C)O[C@]3(C/C=C(/C)C(=O)O)C4=O)C2=O. The number of Topliss-reactive ketones (excluding diaryl/α,β-unsaturated/α-hetero) is 2. The Bertz CT molecular complexity index is 1630. The van der Waals surface area contributed by atoms with Gasteiger partial charge >= 0.3 is 5.97 Å². The number of aliphatic carboxylic acids is 1. The van der Waals surface area contributed by atoms with Gasteiger partial charge in [-0.05, 0) is 47.1 Å². The van der Waals surface area contributed by atoms with Crippen molar-refractivity contribution in [1.29, 1.82) is 0 Å². The summed E-state index contributed by atoms with van der Waals surface area (Å²) in [6, 6.07) is 0.